The molecule has 3 aromatic rings. The molecule has 152 valence electrons. The summed E-state index contributed by atoms with van der Waals surface area (Å²) in [5, 5.41) is 10.3. The molecule has 0 saturated heterocycles. The van der Waals surface area contributed by atoms with Crippen molar-refractivity contribution in [3.63, 3.8) is 0 Å². The van der Waals surface area contributed by atoms with E-state index in [1.165, 1.54) is 0 Å². The normalized spacial score (nSPS) is 11.8. The predicted molar refractivity (Wildman–Crippen MR) is 119 cm³/mol. The highest BCUT2D eigenvalue weighted by Crippen LogP contribution is 2.22. The van der Waals surface area contributed by atoms with Gasteiger partial charge >= 0.3 is 0 Å². The average Bonchev–Trinajstić information content (AvgIpc) is 3.11. The van der Waals surface area contributed by atoms with Crippen molar-refractivity contribution in [2.75, 3.05) is 7.11 Å². The van der Waals surface area contributed by atoms with Gasteiger partial charge in [-0.1, -0.05) is 35.0 Å². The van der Waals surface area contributed by atoms with Crippen LogP contribution in [0.4, 0.5) is 0 Å². The third kappa shape index (κ3) is 5.33. The summed E-state index contributed by atoms with van der Waals surface area (Å²) < 4.78 is 8.55. The number of rotatable bonds is 8. The summed E-state index contributed by atoms with van der Waals surface area (Å²) in [5.74, 6) is 1.45. The molecule has 29 heavy (non-hydrogen) atoms. The minimum atomic E-state index is -0.0245. The maximum atomic E-state index is 12.6. The number of amides is 1. The quantitative estimate of drug-likeness (QED) is 0.448. The summed E-state index contributed by atoms with van der Waals surface area (Å²) in [6, 6.07) is 15.6. The first kappa shape index (κ1) is 21.3. The number of aromatic amines is 1. The molecule has 0 aliphatic carbocycles. The molecule has 1 aromatic heterocycles. The van der Waals surface area contributed by atoms with Crippen LogP contribution >= 0.6 is 28.1 Å². The number of H-pyrrole nitrogens is 1. The fourth-order valence-electron chi connectivity index (χ4n) is 3.08. The molecule has 0 aliphatic rings. The Balaban J connectivity index is 1.67. The summed E-state index contributed by atoms with van der Waals surface area (Å²) in [6.07, 6.45) is 1.12. The number of methoxy groups -OCH3 is 1. The van der Waals surface area contributed by atoms with E-state index in [2.05, 4.69) is 38.4 Å². The number of hydrogen-bond donors (Lipinski definition) is 2. The van der Waals surface area contributed by atoms with Gasteiger partial charge in [-0.05, 0) is 60.6 Å². The lowest BCUT2D eigenvalue weighted by atomic mass is 10.0. The monoisotopic (exact) mass is 474 g/mol. The van der Waals surface area contributed by atoms with Gasteiger partial charge in [-0.25, -0.2) is 0 Å². The maximum Gasteiger partial charge on any atom is 0.222 e. The van der Waals surface area contributed by atoms with Crippen molar-refractivity contribution >= 4 is 34.1 Å². The van der Waals surface area contributed by atoms with Crippen LogP contribution in [0, 0.1) is 4.77 Å². The van der Waals surface area contributed by atoms with Gasteiger partial charge in [0.25, 0.3) is 0 Å². The molecular formula is C21H23BrN4O2S. The highest BCUT2D eigenvalue weighted by molar-refractivity contribution is 9.10. The van der Waals surface area contributed by atoms with E-state index in [0.29, 0.717) is 23.6 Å². The number of halogens is 1. The first-order valence-corrected chi connectivity index (χ1v) is 10.6. The molecule has 2 N–H and O–H groups in total. The zero-order valence-corrected chi connectivity index (χ0v) is 18.7. The van der Waals surface area contributed by atoms with Crippen LogP contribution in [0.1, 0.15) is 31.4 Å². The molecule has 0 saturated carbocycles. The number of nitrogens with zero attached hydrogens (tertiary/aromatic N) is 2. The molecule has 0 radical (unpaired) electrons. The molecule has 8 heteroatoms. The standard InChI is InChI=1S/C21H23BrN4O2S/c1-3-18(14-4-8-16(22)9-5-14)23-19(27)12-13-26-20(24-25-21(26)29)15-6-10-17(28-2)11-7-15/h4-11,18H,3,12-13H2,1-2H3,(H,23,27)(H,25,29)/t18-/m0/s1. The molecule has 0 bridgehead atoms. The van der Waals surface area contributed by atoms with Crippen LogP contribution in [0.25, 0.3) is 11.4 Å². The van der Waals surface area contributed by atoms with Crippen molar-refractivity contribution in [1.29, 1.82) is 0 Å². The zero-order chi connectivity index (χ0) is 20.8. The Morgan fingerprint density at radius 1 is 1.24 bits per heavy atom. The molecule has 3 rings (SSSR count). The molecule has 1 atom stereocenters. The van der Waals surface area contributed by atoms with E-state index < -0.39 is 0 Å². The lowest BCUT2D eigenvalue weighted by Gasteiger charge is -2.18. The van der Waals surface area contributed by atoms with Gasteiger partial charge in [0.2, 0.25) is 5.91 Å². The van der Waals surface area contributed by atoms with Crippen molar-refractivity contribution in [3.05, 3.63) is 63.3 Å². The van der Waals surface area contributed by atoms with Gasteiger partial charge in [-0.15, -0.1) is 0 Å². The Labute approximate surface area is 183 Å². The Morgan fingerprint density at radius 2 is 1.93 bits per heavy atom. The van der Waals surface area contributed by atoms with Crippen LogP contribution in [0.2, 0.25) is 0 Å². The molecule has 1 heterocycles. The Morgan fingerprint density at radius 3 is 2.55 bits per heavy atom. The Kier molecular flexibility index (Phi) is 7.22. The van der Waals surface area contributed by atoms with E-state index in [9.17, 15) is 4.79 Å². The predicted octanol–water partition coefficient (Wildman–Crippen LogP) is 5.04. The molecule has 6 nitrogen and oxygen atoms in total. The number of carbonyl (C=O) groups is 1. The minimum Gasteiger partial charge on any atom is -0.497 e. The molecular weight excluding hydrogens is 452 g/mol. The summed E-state index contributed by atoms with van der Waals surface area (Å²) in [7, 11) is 1.63. The molecule has 0 aliphatic heterocycles. The summed E-state index contributed by atoms with van der Waals surface area (Å²) in [6.45, 7) is 2.50. The van der Waals surface area contributed by atoms with Crippen LogP contribution in [-0.2, 0) is 11.3 Å². The fourth-order valence-corrected chi connectivity index (χ4v) is 3.57. The van der Waals surface area contributed by atoms with E-state index in [1.54, 1.807) is 7.11 Å². The van der Waals surface area contributed by atoms with Crippen LogP contribution in [0.3, 0.4) is 0 Å². The Hall–Kier alpha value is -2.45. The van der Waals surface area contributed by atoms with Crippen LogP contribution < -0.4 is 10.1 Å². The van der Waals surface area contributed by atoms with E-state index in [4.69, 9.17) is 17.0 Å². The van der Waals surface area contributed by atoms with Crippen LogP contribution in [-0.4, -0.2) is 27.8 Å². The lowest BCUT2D eigenvalue weighted by Crippen LogP contribution is -2.29. The molecule has 0 fully saturated rings. The van der Waals surface area contributed by atoms with E-state index >= 15 is 0 Å². The second-order valence-corrected chi connectivity index (χ2v) is 7.86. The van der Waals surface area contributed by atoms with Gasteiger partial charge in [0.1, 0.15) is 5.75 Å². The van der Waals surface area contributed by atoms with Crippen LogP contribution in [0.15, 0.2) is 53.0 Å². The number of hydrogen-bond acceptors (Lipinski definition) is 4. The first-order valence-electron chi connectivity index (χ1n) is 9.36. The smallest absolute Gasteiger partial charge is 0.222 e. The number of carbonyl (C=O) groups excluding carboxylic acids is 1. The summed E-state index contributed by atoms with van der Waals surface area (Å²) in [4.78, 5) is 12.6. The third-order valence-electron chi connectivity index (χ3n) is 4.68. The number of aromatic nitrogens is 3. The summed E-state index contributed by atoms with van der Waals surface area (Å²) >= 11 is 8.80. The maximum absolute atomic E-state index is 12.6. The first-order chi connectivity index (χ1) is 14.0. The van der Waals surface area contributed by atoms with Crippen molar-refractivity contribution < 1.29 is 9.53 Å². The molecule has 0 spiro atoms. The average molecular weight is 475 g/mol. The lowest BCUT2D eigenvalue weighted by molar-refractivity contribution is -0.122. The van der Waals surface area contributed by atoms with Gasteiger partial charge in [0.05, 0.1) is 13.2 Å². The van der Waals surface area contributed by atoms with E-state index in [-0.39, 0.29) is 11.9 Å². The van der Waals surface area contributed by atoms with E-state index in [0.717, 1.165) is 27.8 Å². The SMILES string of the molecule is CC[C@H](NC(=O)CCn1c(-c2ccc(OC)cc2)n[nH]c1=S)c1ccc(Br)cc1. The largest absolute Gasteiger partial charge is 0.497 e. The number of benzene rings is 2. The second kappa shape index (κ2) is 9.84. The number of nitrogens with one attached hydrogen (secondary N) is 2. The second-order valence-electron chi connectivity index (χ2n) is 6.56. The van der Waals surface area contributed by atoms with E-state index in [1.807, 2.05) is 53.1 Å². The molecule has 1 amide bonds. The zero-order valence-electron chi connectivity index (χ0n) is 16.3. The Bertz CT molecular complexity index is 1010. The molecule has 2 aromatic carbocycles. The minimum absolute atomic E-state index is 0.0195. The van der Waals surface area contributed by atoms with Crippen molar-refractivity contribution in [2.24, 2.45) is 0 Å². The molecule has 0 unspecified atom stereocenters. The van der Waals surface area contributed by atoms with Crippen LogP contribution in [0.5, 0.6) is 5.75 Å². The van der Waals surface area contributed by atoms with Gasteiger partial charge in [0.15, 0.2) is 10.6 Å². The third-order valence-corrected chi connectivity index (χ3v) is 5.53. The van der Waals surface area contributed by atoms with Gasteiger partial charge in [-0.3, -0.25) is 14.5 Å². The highest BCUT2D eigenvalue weighted by atomic mass is 79.9. The topological polar surface area (TPSA) is 71.9 Å². The van der Waals surface area contributed by atoms with Crippen molar-refractivity contribution in [1.82, 2.24) is 20.1 Å². The van der Waals surface area contributed by atoms with Crippen molar-refractivity contribution in [2.45, 2.75) is 32.4 Å². The highest BCUT2D eigenvalue weighted by Gasteiger charge is 2.15. The van der Waals surface area contributed by atoms with Crippen molar-refractivity contribution in [3.8, 4) is 17.1 Å². The van der Waals surface area contributed by atoms with Gasteiger partial charge in [0, 0.05) is 23.0 Å². The number of ether oxygens (including phenoxy) is 1. The summed E-state index contributed by atoms with van der Waals surface area (Å²) in [5.41, 5.74) is 1.99. The van der Waals surface area contributed by atoms with Gasteiger partial charge in [-0.2, -0.15) is 5.10 Å². The fraction of sp³-hybridized carbons (Fsp3) is 0.286. The van der Waals surface area contributed by atoms with Gasteiger partial charge < -0.3 is 10.1 Å².